The first-order valence-corrected chi connectivity index (χ1v) is 7.05. The Kier molecular flexibility index (Phi) is 3.54. The standard InChI is InChI=1S/C13H13O4S/c1-2-9-17-12-8-7-10-5-3-4-6-11(10)13(12)18(14,15)16/h3-8H,2,9H2,1H3. The van der Waals surface area contributed by atoms with E-state index >= 15 is 0 Å². The van der Waals surface area contributed by atoms with E-state index in [0.29, 0.717) is 17.4 Å². The fourth-order valence-electron chi connectivity index (χ4n) is 1.81. The van der Waals surface area contributed by atoms with Crippen LogP contribution in [0.5, 0.6) is 5.75 Å². The summed E-state index contributed by atoms with van der Waals surface area (Å²) in [5.41, 5.74) is 0. The molecule has 0 saturated carbocycles. The second-order valence-corrected chi connectivity index (χ2v) is 5.23. The Morgan fingerprint density at radius 1 is 1.11 bits per heavy atom. The minimum atomic E-state index is -4.57. The van der Waals surface area contributed by atoms with Crippen molar-refractivity contribution in [2.45, 2.75) is 18.2 Å². The predicted molar refractivity (Wildman–Crippen MR) is 67.6 cm³/mol. The van der Waals surface area contributed by atoms with Crippen LogP contribution in [0.2, 0.25) is 0 Å². The highest BCUT2D eigenvalue weighted by atomic mass is 32.2. The summed E-state index contributed by atoms with van der Waals surface area (Å²) in [6.07, 6.45) is 0.741. The molecule has 2 aromatic carbocycles. The molecule has 0 atom stereocenters. The maximum absolute atomic E-state index is 11.4. The lowest BCUT2D eigenvalue weighted by molar-refractivity contribution is 0.307. The van der Waals surface area contributed by atoms with Crippen molar-refractivity contribution in [1.82, 2.24) is 0 Å². The van der Waals surface area contributed by atoms with E-state index in [1.54, 1.807) is 30.3 Å². The van der Waals surface area contributed by atoms with E-state index in [2.05, 4.69) is 0 Å². The zero-order valence-corrected chi connectivity index (χ0v) is 10.7. The Morgan fingerprint density at radius 2 is 1.83 bits per heavy atom. The first kappa shape index (κ1) is 12.9. The third kappa shape index (κ3) is 2.47. The second kappa shape index (κ2) is 4.96. The lowest BCUT2D eigenvalue weighted by atomic mass is 10.1. The van der Waals surface area contributed by atoms with Gasteiger partial charge in [-0.3, -0.25) is 0 Å². The van der Waals surface area contributed by atoms with Crippen LogP contribution in [0.4, 0.5) is 0 Å². The number of rotatable bonds is 4. The SMILES string of the molecule is CCCOc1ccc2ccccc2c1S([O])(=O)=O. The first-order valence-electron chi connectivity index (χ1n) is 5.64. The smallest absolute Gasteiger partial charge is 0.328 e. The van der Waals surface area contributed by atoms with E-state index in [9.17, 15) is 13.0 Å². The number of hydrogen-bond donors (Lipinski definition) is 0. The summed E-state index contributed by atoms with van der Waals surface area (Å²) in [5, 5.41) is 1.11. The minimum absolute atomic E-state index is 0.130. The zero-order valence-electron chi connectivity index (χ0n) is 9.92. The molecule has 0 aliphatic heterocycles. The van der Waals surface area contributed by atoms with Crippen LogP contribution in [-0.2, 0) is 14.7 Å². The van der Waals surface area contributed by atoms with Gasteiger partial charge in [0.25, 0.3) is 0 Å². The fraction of sp³-hybridized carbons (Fsp3) is 0.231. The lowest BCUT2D eigenvalue weighted by Crippen LogP contribution is -2.04. The number of hydrogen-bond acceptors (Lipinski definition) is 3. The van der Waals surface area contributed by atoms with Gasteiger partial charge < -0.3 is 4.74 Å². The van der Waals surface area contributed by atoms with Gasteiger partial charge in [0.05, 0.1) is 6.61 Å². The largest absolute Gasteiger partial charge is 0.492 e. The quantitative estimate of drug-likeness (QED) is 0.853. The van der Waals surface area contributed by atoms with E-state index < -0.39 is 10.1 Å². The van der Waals surface area contributed by atoms with Crippen LogP contribution in [-0.4, -0.2) is 15.0 Å². The summed E-state index contributed by atoms with van der Waals surface area (Å²) in [6.45, 7) is 2.28. The molecule has 0 spiro atoms. The molecule has 4 nitrogen and oxygen atoms in total. The summed E-state index contributed by atoms with van der Waals surface area (Å²) in [6, 6.07) is 10.1. The molecule has 0 aliphatic rings. The van der Waals surface area contributed by atoms with Gasteiger partial charge in [0.2, 0.25) is 0 Å². The molecule has 95 valence electrons. The van der Waals surface area contributed by atoms with Crippen LogP contribution >= 0.6 is 0 Å². The van der Waals surface area contributed by atoms with Crippen LogP contribution in [0.15, 0.2) is 41.3 Å². The Hall–Kier alpha value is -1.59. The maximum atomic E-state index is 11.4. The summed E-state index contributed by atoms with van der Waals surface area (Å²) in [5.74, 6) is 0.130. The summed E-state index contributed by atoms with van der Waals surface area (Å²) >= 11 is 0. The van der Waals surface area contributed by atoms with Gasteiger partial charge in [0.1, 0.15) is 10.6 Å². The van der Waals surface area contributed by atoms with Gasteiger partial charge in [0.15, 0.2) is 0 Å². The Morgan fingerprint density at radius 3 is 2.50 bits per heavy atom. The predicted octanol–water partition coefficient (Wildman–Crippen LogP) is 2.75. The molecule has 0 amide bonds. The molecule has 0 unspecified atom stereocenters. The first-order chi connectivity index (χ1) is 8.54. The second-order valence-electron chi connectivity index (χ2n) is 3.92. The van der Waals surface area contributed by atoms with Gasteiger partial charge >= 0.3 is 10.1 Å². The monoisotopic (exact) mass is 265 g/mol. The van der Waals surface area contributed by atoms with E-state index in [4.69, 9.17) is 4.74 Å². The maximum Gasteiger partial charge on any atom is 0.328 e. The van der Waals surface area contributed by atoms with Crippen molar-refractivity contribution in [3.63, 3.8) is 0 Å². The van der Waals surface area contributed by atoms with E-state index in [0.717, 1.165) is 6.42 Å². The van der Waals surface area contributed by atoms with Crippen molar-refractivity contribution >= 4 is 20.9 Å². The highest BCUT2D eigenvalue weighted by Crippen LogP contribution is 2.32. The molecule has 0 saturated heterocycles. The lowest BCUT2D eigenvalue weighted by Gasteiger charge is -2.10. The highest BCUT2D eigenvalue weighted by Gasteiger charge is 2.21. The van der Waals surface area contributed by atoms with E-state index in [1.807, 2.05) is 6.92 Å². The molecular weight excluding hydrogens is 252 g/mol. The van der Waals surface area contributed by atoms with Gasteiger partial charge in [-0.15, -0.1) is 0 Å². The van der Waals surface area contributed by atoms with Crippen LogP contribution in [0.25, 0.3) is 10.8 Å². The summed E-state index contributed by atoms with van der Waals surface area (Å²) < 4.78 is 39.5. The Balaban J connectivity index is 2.72. The average Bonchev–Trinajstić information content (AvgIpc) is 2.34. The van der Waals surface area contributed by atoms with Crippen molar-refractivity contribution in [2.24, 2.45) is 0 Å². The summed E-state index contributed by atoms with van der Waals surface area (Å²) in [7, 11) is -4.57. The average molecular weight is 265 g/mol. The van der Waals surface area contributed by atoms with Gasteiger partial charge in [-0.25, -0.2) is 0 Å². The van der Waals surface area contributed by atoms with Crippen LogP contribution < -0.4 is 4.74 Å². The highest BCUT2D eigenvalue weighted by molar-refractivity contribution is 7.86. The summed E-state index contributed by atoms with van der Waals surface area (Å²) in [4.78, 5) is -0.269. The normalized spacial score (nSPS) is 11.7. The molecule has 2 aromatic rings. The topological polar surface area (TPSA) is 63.3 Å². The molecule has 2 rings (SSSR count). The molecule has 0 fully saturated rings. The molecular formula is C13H13O4S. The molecule has 5 heteroatoms. The van der Waals surface area contributed by atoms with E-state index in [-0.39, 0.29) is 10.6 Å². The Bertz CT molecular complexity index is 662. The molecule has 0 N–H and O–H groups in total. The van der Waals surface area contributed by atoms with Crippen LogP contribution in [0.3, 0.4) is 0 Å². The molecule has 18 heavy (non-hydrogen) atoms. The van der Waals surface area contributed by atoms with Gasteiger partial charge in [-0.2, -0.15) is 8.42 Å². The Labute approximate surface area is 106 Å². The molecule has 1 radical (unpaired) electrons. The van der Waals surface area contributed by atoms with Gasteiger partial charge in [-0.1, -0.05) is 41.8 Å². The third-order valence-electron chi connectivity index (χ3n) is 2.56. The molecule has 0 aliphatic carbocycles. The molecule has 0 heterocycles. The fourth-order valence-corrected chi connectivity index (χ4v) is 2.64. The minimum Gasteiger partial charge on any atom is -0.492 e. The molecule has 0 bridgehead atoms. The van der Waals surface area contributed by atoms with Crippen molar-refractivity contribution in [3.8, 4) is 5.75 Å². The van der Waals surface area contributed by atoms with Crippen LogP contribution in [0.1, 0.15) is 13.3 Å². The van der Waals surface area contributed by atoms with Crippen molar-refractivity contribution in [2.75, 3.05) is 6.61 Å². The van der Waals surface area contributed by atoms with Crippen molar-refractivity contribution in [3.05, 3.63) is 36.4 Å². The number of ether oxygens (including phenoxy) is 1. The van der Waals surface area contributed by atoms with Crippen molar-refractivity contribution in [1.29, 1.82) is 0 Å². The molecule has 0 aromatic heterocycles. The zero-order chi connectivity index (χ0) is 13.2. The van der Waals surface area contributed by atoms with Crippen molar-refractivity contribution < 1.29 is 17.7 Å². The number of fused-ring (bicyclic) bond motifs is 1. The number of benzene rings is 2. The third-order valence-corrected chi connectivity index (χ3v) is 3.48. The van der Waals surface area contributed by atoms with Gasteiger partial charge in [0, 0.05) is 5.39 Å². The van der Waals surface area contributed by atoms with Gasteiger partial charge in [-0.05, 0) is 17.9 Å². The van der Waals surface area contributed by atoms with E-state index in [1.165, 1.54) is 6.07 Å². The van der Waals surface area contributed by atoms with Crippen LogP contribution in [0, 0.1) is 0 Å².